The van der Waals surface area contributed by atoms with E-state index in [9.17, 15) is 25.4 Å². The lowest BCUT2D eigenvalue weighted by molar-refractivity contribution is -0.123. The summed E-state index contributed by atoms with van der Waals surface area (Å²) in [6.45, 7) is 7.11. The third-order valence-corrected chi connectivity index (χ3v) is 9.09. The molecule has 1 saturated heterocycles. The maximum atomic E-state index is 12.6. The number of hydrogen-bond acceptors (Lipinski definition) is 9. The summed E-state index contributed by atoms with van der Waals surface area (Å²) in [7, 11) is 3.51. The molecule has 10 nitrogen and oxygen atoms in total. The van der Waals surface area contributed by atoms with E-state index in [-0.39, 0.29) is 47.8 Å². The number of phenols is 3. The molecule has 1 amide bonds. The van der Waals surface area contributed by atoms with Gasteiger partial charge in [-0.05, 0) is 69.8 Å². The summed E-state index contributed by atoms with van der Waals surface area (Å²) < 4.78 is 5.56. The molecule has 0 aliphatic carbocycles. The zero-order valence-corrected chi connectivity index (χ0v) is 23.2. The van der Waals surface area contributed by atoms with Crippen molar-refractivity contribution in [2.45, 2.75) is 76.8 Å². The number of phenolic OH excluding ortho intramolecular Hbond substituents is 3. The summed E-state index contributed by atoms with van der Waals surface area (Å²) in [6.07, 6.45) is 0.938. The van der Waals surface area contributed by atoms with Crippen LogP contribution in [0.1, 0.15) is 58.0 Å². The SMILES string of the molecule is COc1c(C)cc2c(c1O)[C@H]1[C@@H]3Cc4c(O)c(C)c(O)c(C)c4[C@H](CNC(=O)[C@H](C)N)N3[C@@H](C#N)[C@@H](C2)N1C. The van der Waals surface area contributed by atoms with Crippen LogP contribution in [-0.4, -0.2) is 75.9 Å². The first-order valence-electron chi connectivity index (χ1n) is 13.3. The number of aromatic hydroxyl groups is 3. The minimum absolute atomic E-state index is 0.000694. The normalized spacial score (nSPS) is 26.6. The highest BCUT2D eigenvalue weighted by Gasteiger charge is 2.56. The summed E-state index contributed by atoms with van der Waals surface area (Å²) in [4.78, 5) is 16.8. The molecule has 2 aromatic rings. The van der Waals surface area contributed by atoms with E-state index in [2.05, 4.69) is 21.2 Å². The van der Waals surface area contributed by atoms with Crippen LogP contribution in [0.25, 0.3) is 0 Å². The molecule has 0 aromatic heterocycles. The van der Waals surface area contributed by atoms with Gasteiger partial charge >= 0.3 is 0 Å². The number of nitrogens with one attached hydrogen (secondary N) is 1. The minimum atomic E-state index is -0.719. The Morgan fingerprint density at radius 1 is 1.15 bits per heavy atom. The Morgan fingerprint density at radius 2 is 1.85 bits per heavy atom. The highest BCUT2D eigenvalue weighted by Crippen LogP contribution is 2.55. The van der Waals surface area contributed by atoms with Crippen LogP contribution in [0.15, 0.2) is 6.07 Å². The van der Waals surface area contributed by atoms with E-state index in [1.165, 1.54) is 7.11 Å². The van der Waals surface area contributed by atoms with Gasteiger partial charge < -0.3 is 31.1 Å². The fraction of sp³-hybridized carbons (Fsp3) is 0.517. The van der Waals surface area contributed by atoms with Gasteiger partial charge in [-0.25, -0.2) is 0 Å². The quantitative estimate of drug-likeness (QED) is 0.395. The lowest BCUT2D eigenvalue weighted by Crippen LogP contribution is -2.69. The number of aryl methyl sites for hydroxylation is 1. The van der Waals surface area contributed by atoms with Crippen LogP contribution < -0.4 is 15.8 Å². The maximum Gasteiger partial charge on any atom is 0.236 e. The summed E-state index contributed by atoms with van der Waals surface area (Å²) in [5.74, 6) is 0.192. The fourth-order valence-corrected chi connectivity index (χ4v) is 7.25. The first-order chi connectivity index (χ1) is 18.4. The molecule has 2 bridgehead atoms. The summed E-state index contributed by atoms with van der Waals surface area (Å²) in [5.41, 5.74) is 10.8. The second kappa shape index (κ2) is 9.59. The molecular weight excluding hydrogens is 498 g/mol. The molecular formula is C29H37N5O5. The van der Waals surface area contributed by atoms with E-state index in [1.54, 1.807) is 20.8 Å². The molecule has 3 aliphatic heterocycles. The van der Waals surface area contributed by atoms with Crippen LogP contribution in [0, 0.1) is 32.1 Å². The number of hydrogen-bond donors (Lipinski definition) is 5. The van der Waals surface area contributed by atoms with Gasteiger partial charge in [-0.15, -0.1) is 0 Å². The molecule has 6 atom stereocenters. The number of ether oxygens (including phenoxy) is 1. The maximum absolute atomic E-state index is 12.6. The number of methoxy groups -OCH3 is 1. The lowest BCUT2D eigenvalue weighted by Gasteiger charge is -2.60. The first-order valence-corrected chi connectivity index (χ1v) is 13.3. The number of carbonyl (C=O) groups excluding carboxylic acids is 1. The van der Waals surface area contributed by atoms with Gasteiger partial charge in [-0.3, -0.25) is 14.6 Å². The standard InChI is InChI=1S/C29H37N5O5/c1-12-7-16-8-18-20(10-30)34-19(24(33(18)5)23(16)27(37)28(12)39-6)9-17-22(13(2)25(35)14(3)26(17)36)21(34)11-32-29(38)15(4)31/h7,15,18-21,24,35-37H,8-9,11,31H2,1-6H3,(H,32,38)/t15-,18+,19-,20-,21-,24+/m0/s1. The number of nitrogens with zero attached hydrogens (tertiary/aromatic N) is 3. The third-order valence-electron chi connectivity index (χ3n) is 9.09. The number of piperazine rings is 1. The molecule has 6 N–H and O–H groups in total. The van der Waals surface area contributed by atoms with Crippen LogP contribution >= 0.6 is 0 Å². The van der Waals surface area contributed by atoms with E-state index in [0.29, 0.717) is 40.8 Å². The summed E-state index contributed by atoms with van der Waals surface area (Å²) >= 11 is 0. The van der Waals surface area contributed by atoms with Crippen molar-refractivity contribution in [1.29, 1.82) is 5.26 Å². The monoisotopic (exact) mass is 535 g/mol. The molecule has 1 fully saturated rings. The van der Waals surface area contributed by atoms with Crippen molar-refractivity contribution in [2.24, 2.45) is 5.73 Å². The Kier molecular flexibility index (Phi) is 6.66. The molecule has 2 aromatic carbocycles. The van der Waals surface area contributed by atoms with Gasteiger partial charge in [0.25, 0.3) is 0 Å². The van der Waals surface area contributed by atoms with Crippen LogP contribution in [0.5, 0.6) is 23.0 Å². The minimum Gasteiger partial charge on any atom is -0.507 e. The van der Waals surface area contributed by atoms with Gasteiger partial charge in [-0.2, -0.15) is 5.26 Å². The highest BCUT2D eigenvalue weighted by atomic mass is 16.5. The Labute approximate surface area is 228 Å². The van der Waals surface area contributed by atoms with Gasteiger partial charge in [0.05, 0.1) is 31.3 Å². The van der Waals surface area contributed by atoms with Crippen LogP contribution in [-0.2, 0) is 17.6 Å². The molecule has 0 spiro atoms. The van der Waals surface area contributed by atoms with E-state index < -0.39 is 18.1 Å². The summed E-state index contributed by atoms with van der Waals surface area (Å²) in [6, 6.07) is 1.96. The number of nitrogens with two attached hydrogens (primary N) is 1. The molecule has 0 radical (unpaired) electrons. The molecule has 5 rings (SSSR count). The average Bonchev–Trinajstić information content (AvgIpc) is 2.89. The Balaban J connectivity index is 1.75. The van der Waals surface area contributed by atoms with Crippen LogP contribution in [0.4, 0.5) is 0 Å². The van der Waals surface area contributed by atoms with Crippen molar-refractivity contribution in [1.82, 2.24) is 15.1 Å². The zero-order chi connectivity index (χ0) is 28.5. The Morgan fingerprint density at radius 3 is 2.46 bits per heavy atom. The zero-order valence-electron chi connectivity index (χ0n) is 23.2. The summed E-state index contributed by atoms with van der Waals surface area (Å²) in [5, 5.41) is 47.1. The fourth-order valence-electron chi connectivity index (χ4n) is 7.25. The van der Waals surface area contributed by atoms with Gasteiger partial charge in [0.15, 0.2) is 11.5 Å². The van der Waals surface area contributed by atoms with E-state index >= 15 is 0 Å². The van der Waals surface area contributed by atoms with Crippen LogP contribution in [0.2, 0.25) is 0 Å². The predicted molar refractivity (Wildman–Crippen MR) is 145 cm³/mol. The number of likely N-dealkylation sites (N-methyl/N-ethyl adjacent to an activating group) is 1. The van der Waals surface area contributed by atoms with Crippen molar-refractivity contribution >= 4 is 5.91 Å². The number of benzene rings is 2. The van der Waals surface area contributed by atoms with Crippen molar-refractivity contribution in [3.63, 3.8) is 0 Å². The van der Waals surface area contributed by atoms with Crippen molar-refractivity contribution in [3.8, 4) is 29.1 Å². The van der Waals surface area contributed by atoms with Crippen molar-refractivity contribution in [2.75, 3.05) is 20.7 Å². The molecule has 0 saturated carbocycles. The van der Waals surface area contributed by atoms with E-state index in [0.717, 1.165) is 16.7 Å². The Hall–Kier alpha value is -3.52. The number of rotatable bonds is 4. The number of carbonyl (C=O) groups is 1. The second-order valence-corrected chi connectivity index (χ2v) is 11.2. The molecule has 3 aliphatic rings. The highest BCUT2D eigenvalue weighted by molar-refractivity contribution is 5.81. The van der Waals surface area contributed by atoms with Crippen molar-refractivity contribution < 1.29 is 24.9 Å². The smallest absolute Gasteiger partial charge is 0.236 e. The van der Waals surface area contributed by atoms with Gasteiger partial charge in [0.1, 0.15) is 17.5 Å². The molecule has 3 heterocycles. The number of amides is 1. The van der Waals surface area contributed by atoms with E-state index in [1.807, 2.05) is 20.0 Å². The van der Waals surface area contributed by atoms with Gasteiger partial charge in [-0.1, -0.05) is 6.07 Å². The van der Waals surface area contributed by atoms with Gasteiger partial charge in [0, 0.05) is 35.3 Å². The number of nitriles is 1. The van der Waals surface area contributed by atoms with Gasteiger partial charge in [0.2, 0.25) is 5.91 Å². The largest absolute Gasteiger partial charge is 0.507 e. The third kappa shape index (κ3) is 3.83. The van der Waals surface area contributed by atoms with E-state index in [4.69, 9.17) is 10.5 Å². The Bertz CT molecular complexity index is 1400. The first kappa shape index (κ1) is 27.1. The topological polar surface area (TPSA) is 155 Å². The molecule has 39 heavy (non-hydrogen) atoms. The average molecular weight is 536 g/mol. The number of fused-ring (bicyclic) bond motifs is 7. The lowest BCUT2D eigenvalue weighted by atomic mass is 9.71. The van der Waals surface area contributed by atoms with Crippen molar-refractivity contribution in [3.05, 3.63) is 45.0 Å². The molecule has 208 valence electrons. The molecule has 0 unspecified atom stereocenters. The predicted octanol–water partition coefficient (Wildman–Crippen LogP) is 1.97. The molecule has 10 heteroatoms. The van der Waals surface area contributed by atoms with Crippen LogP contribution in [0.3, 0.4) is 0 Å². The second-order valence-electron chi connectivity index (χ2n) is 11.2.